The van der Waals surface area contributed by atoms with E-state index in [2.05, 4.69) is 12.2 Å². The molecule has 1 rings (SSSR count). The molecule has 3 N–H and O–H groups in total. The van der Waals surface area contributed by atoms with Crippen molar-refractivity contribution in [2.75, 3.05) is 25.1 Å². The predicted octanol–water partition coefficient (Wildman–Crippen LogP) is 1.68. The summed E-state index contributed by atoms with van der Waals surface area (Å²) < 4.78 is 5.14. The van der Waals surface area contributed by atoms with Crippen molar-refractivity contribution in [2.24, 2.45) is 5.73 Å². The number of anilines is 1. The van der Waals surface area contributed by atoms with E-state index >= 15 is 0 Å². The molecule has 0 bridgehead atoms. The number of primary amides is 1. The number of hydrogen-bond acceptors (Lipinski definition) is 4. The first kappa shape index (κ1) is 18.8. The number of benzene rings is 1. The Morgan fingerprint density at radius 3 is 2.48 bits per heavy atom. The summed E-state index contributed by atoms with van der Waals surface area (Å²) in [4.78, 5) is 25.1. The van der Waals surface area contributed by atoms with Crippen molar-refractivity contribution in [1.82, 2.24) is 5.32 Å². The van der Waals surface area contributed by atoms with Gasteiger partial charge in [-0.15, -0.1) is 0 Å². The maximum Gasteiger partial charge on any atom is 0.239 e. The van der Waals surface area contributed by atoms with Crippen molar-refractivity contribution in [3.05, 3.63) is 24.3 Å². The standard InChI is InChI=1S/C17H27N3O3/c1-4-5-13(2)19-17(22)12-20(11-10-16(18)21)14-6-8-15(23-3)9-7-14/h6-9,13H,4-5,10-12H2,1-3H3,(H2,18,21)(H,19,22). The average Bonchev–Trinajstić information content (AvgIpc) is 2.51. The first-order valence-electron chi connectivity index (χ1n) is 7.93. The first-order valence-corrected chi connectivity index (χ1v) is 7.93. The number of carbonyl (C=O) groups excluding carboxylic acids is 2. The number of hydrogen-bond donors (Lipinski definition) is 2. The second-order valence-electron chi connectivity index (χ2n) is 5.59. The summed E-state index contributed by atoms with van der Waals surface area (Å²) in [5.74, 6) is 0.291. The summed E-state index contributed by atoms with van der Waals surface area (Å²) in [5.41, 5.74) is 6.08. The van der Waals surface area contributed by atoms with Crippen LogP contribution in [0.4, 0.5) is 5.69 Å². The lowest BCUT2D eigenvalue weighted by atomic mass is 10.2. The Morgan fingerprint density at radius 2 is 1.96 bits per heavy atom. The zero-order chi connectivity index (χ0) is 17.2. The molecule has 0 aliphatic carbocycles. The Morgan fingerprint density at radius 1 is 1.30 bits per heavy atom. The number of amides is 2. The third-order valence-corrected chi connectivity index (χ3v) is 3.53. The summed E-state index contributed by atoms with van der Waals surface area (Å²) in [7, 11) is 1.60. The highest BCUT2D eigenvalue weighted by Crippen LogP contribution is 2.19. The van der Waals surface area contributed by atoms with Crippen molar-refractivity contribution < 1.29 is 14.3 Å². The number of nitrogens with one attached hydrogen (secondary N) is 1. The van der Waals surface area contributed by atoms with Gasteiger partial charge >= 0.3 is 0 Å². The fraction of sp³-hybridized carbons (Fsp3) is 0.529. The van der Waals surface area contributed by atoms with Crippen LogP contribution in [-0.2, 0) is 9.59 Å². The molecule has 0 heterocycles. The summed E-state index contributed by atoms with van der Waals surface area (Å²) >= 11 is 0. The van der Waals surface area contributed by atoms with Crippen molar-refractivity contribution >= 4 is 17.5 Å². The molecule has 23 heavy (non-hydrogen) atoms. The van der Waals surface area contributed by atoms with Crippen molar-refractivity contribution in [2.45, 2.75) is 39.2 Å². The van der Waals surface area contributed by atoms with Crippen LogP contribution in [0.15, 0.2) is 24.3 Å². The van der Waals surface area contributed by atoms with Crippen LogP contribution in [-0.4, -0.2) is 38.1 Å². The zero-order valence-electron chi connectivity index (χ0n) is 14.2. The SMILES string of the molecule is CCCC(C)NC(=O)CN(CCC(N)=O)c1ccc(OC)cc1. The van der Waals surface area contributed by atoms with Gasteiger partial charge in [0.05, 0.1) is 13.7 Å². The van der Waals surface area contributed by atoms with Crippen LogP contribution in [0, 0.1) is 0 Å². The molecular formula is C17H27N3O3. The second kappa shape index (κ2) is 9.71. The Bertz CT molecular complexity index is 502. The Balaban J connectivity index is 2.74. The molecule has 0 spiro atoms. The second-order valence-corrected chi connectivity index (χ2v) is 5.59. The van der Waals surface area contributed by atoms with Gasteiger partial charge in [-0.05, 0) is 37.6 Å². The molecule has 1 unspecified atom stereocenters. The highest BCUT2D eigenvalue weighted by Gasteiger charge is 2.14. The molecule has 0 aliphatic rings. The molecule has 6 heteroatoms. The lowest BCUT2D eigenvalue weighted by Gasteiger charge is -2.25. The lowest BCUT2D eigenvalue weighted by Crippen LogP contribution is -2.42. The number of methoxy groups -OCH3 is 1. The van der Waals surface area contributed by atoms with Gasteiger partial charge in [-0.1, -0.05) is 13.3 Å². The molecule has 2 amide bonds. The lowest BCUT2D eigenvalue weighted by molar-refractivity contribution is -0.121. The Hall–Kier alpha value is -2.24. The minimum atomic E-state index is -0.386. The van der Waals surface area contributed by atoms with E-state index in [1.165, 1.54) is 0 Å². The van der Waals surface area contributed by atoms with E-state index in [4.69, 9.17) is 10.5 Å². The predicted molar refractivity (Wildman–Crippen MR) is 91.5 cm³/mol. The first-order chi connectivity index (χ1) is 11.0. The highest BCUT2D eigenvalue weighted by molar-refractivity contribution is 5.82. The quantitative estimate of drug-likeness (QED) is 0.687. The molecule has 1 atom stereocenters. The van der Waals surface area contributed by atoms with Crippen LogP contribution in [0.1, 0.15) is 33.1 Å². The van der Waals surface area contributed by atoms with Crippen molar-refractivity contribution in [3.63, 3.8) is 0 Å². The van der Waals surface area contributed by atoms with E-state index in [9.17, 15) is 9.59 Å². The highest BCUT2D eigenvalue weighted by atomic mass is 16.5. The third-order valence-electron chi connectivity index (χ3n) is 3.53. The molecule has 128 valence electrons. The number of nitrogens with zero attached hydrogens (tertiary/aromatic N) is 1. The maximum absolute atomic E-state index is 12.2. The van der Waals surface area contributed by atoms with Crippen LogP contribution >= 0.6 is 0 Å². The summed E-state index contributed by atoms with van der Waals surface area (Å²) in [6, 6.07) is 7.51. The Kier molecular flexibility index (Phi) is 7.94. The number of rotatable bonds is 10. The zero-order valence-corrected chi connectivity index (χ0v) is 14.2. The normalized spacial score (nSPS) is 11.6. The minimum absolute atomic E-state index is 0.0637. The van der Waals surface area contributed by atoms with Crippen LogP contribution in [0.2, 0.25) is 0 Å². The largest absolute Gasteiger partial charge is 0.497 e. The molecule has 6 nitrogen and oxygen atoms in total. The van der Waals surface area contributed by atoms with Gasteiger partial charge in [0.1, 0.15) is 5.75 Å². The van der Waals surface area contributed by atoms with E-state index in [-0.39, 0.29) is 30.8 Å². The molecule has 0 radical (unpaired) electrons. The van der Waals surface area contributed by atoms with Crippen LogP contribution in [0.25, 0.3) is 0 Å². The smallest absolute Gasteiger partial charge is 0.239 e. The van der Waals surface area contributed by atoms with Gasteiger partial charge in [-0.3, -0.25) is 9.59 Å². The topological polar surface area (TPSA) is 84.7 Å². The van der Waals surface area contributed by atoms with E-state index in [1.807, 2.05) is 36.1 Å². The van der Waals surface area contributed by atoms with Gasteiger partial charge in [0.2, 0.25) is 11.8 Å². The summed E-state index contributed by atoms with van der Waals surface area (Å²) in [5, 5.41) is 2.97. The molecule has 0 fully saturated rings. The van der Waals surface area contributed by atoms with Crippen LogP contribution < -0.4 is 20.7 Å². The Labute approximate surface area is 138 Å². The molecule has 0 saturated heterocycles. The van der Waals surface area contributed by atoms with Crippen molar-refractivity contribution in [1.29, 1.82) is 0 Å². The average molecular weight is 321 g/mol. The molecule has 1 aromatic rings. The fourth-order valence-corrected chi connectivity index (χ4v) is 2.34. The summed E-state index contributed by atoms with van der Waals surface area (Å²) in [6.07, 6.45) is 2.16. The van der Waals surface area contributed by atoms with E-state index in [0.717, 1.165) is 24.3 Å². The third kappa shape index (κ3) is 7.04. The molecular weight excluding hydrogens is 294 g/mol. The van der Waals surface area contributed by atoms with Gasteiger partial charge in [-0.25, -0.2) is 0 Å². The summed E-state index contributed by atoms with van der Waals surface area (Å²) in [6.45, 7) is 4.66. The van der Waals surface area contributed by atoms with Crippen molar-refractivity contribution in [3.8, 4) is 5.75 Å². The number of ether oxygens (including phenoxy) is 1. The molecule has 0 aliphatic heterocycles. The van der Waals surface area contributed by atoms with Crippen LogP contribution in [0.5, 0.6) is 5.75 Å². The van der Waals surface area contributed by atoms with Gasteiger partial charge in [0, 0.05) is 24.7 Å². The maximum atomic E-state index is 12.2. The van der Waals surface area contributed by atoms with Gasteiger partial charge in [-0.2, -0.15) is 0 Å². The van der Waals surface area contributed by atoms with Gasteiger partial charge in [0.25, 0.3) is 0 Å². The number of nitrogens with two attached hydrogens (primary N) is 1. The molecule has 0 saturated carbocycles. The molecule has 1 aromatic carbocycles. The molecule has 0 aromatic heterocycles. The monoisotopic (exact) mass is 321 g/mol. The van der Waals surface area contributed by atoms with Gasteiger partial charge in [0.15, 0.2) is 0 Å². The van der Waals surface area contributed by atoms with Crippen LogP contribution in [0.3, 0.4) is 0 Å². The van der Waals surface area contributed by atoms with E-state index < -0.39 is 0 Å². The van der Waals surface area contributed by atoms with E-state index in [0.29, 0.717) is 6.54 Å². The minimum Gasteiger partial charge on any atom is -0.497 e. The fourth-order valence-electron chi connectivity index (χ4n) is 2.34. The van der Waals surface area contributed by atoms with E-state index in [1.54, 1.807) is 7.11 Å². The number of carbonyl (C=O) groups is 2. The van der Waals surface area contributed by atoms with Gasteiger partial charge < -0.3 is 20.7 Å².